The molecule has 8 heteroatoms. The Hall–Kier alpha value is -1.91. The smallest absolute Gasteiger partial charge is 0.208 e. The first-order valence-electron chi connectivity index (χ1n) is 9.50. The van der Waals surface area contributed by atoms with Crippen molar-refractivity contribution in [3.8, 4) is 0 Å². The van der Waals surface area contributed by atoms with Crippen molar-refractivity contribution in [2.45, 2.75) is 31.2 Å². The summed E-state index contributed by atoms with van der Waals surface area (Å²) < 4.78 is 15.5. The number of anilines is 1. The maximum Gasteiger partial charge on any atom is 0.208 e. The van der Waals surface area contributed by atoms with Crippen molar-refractivity contribution in [1.82, 2.24) is 9.97 Å². The molecule has 0 bridgehead atoms. The van der Waals surface area contributed by atoms with Crippen molar-refractivity contribution in [2.75, 3.05) is 5.32 Å². The number of aromatic nitrogens is 2. The number of aliphatic hydroxyl groups is 1. The number of nitrogens with one attached hydrogen (secondary N) is 1. The summed E-state index contributed by atoms with van der Waals surface area (Å²) in [4.78, 5) is 21.8. The summed E-state index contributed by atoms with van der Waals surface area (Å²) in [6, 6.07) is 9.47. The van der Waals surface area contributed by atoms with Crippen LogP contribution in [0, 0.1) is 16.4 Å². The second-order valence-electron chi connectivity index (χ2n) is 7.42. The summed E-state index contributed by atoms with van der Waals surface area (Å²) in [5.74, 6) is -0.340. The van der Waals surface area contributed by atoms with Crippen LogP contribution in [-0.2, 0) is 6.42 Å². The van der Waals surface area contributed by atoms with Crippen molar-refractivity contribution in [3.63, 3.8) is 0 Å². The average molecular weight is 536 g/mol. The molecular weight excluding hydrogens is 516 g/mol. The zero-order valence-corrected chi connectivity index (χ0v) is 18.9. The third-order valence-corrected chi connectivity index (χ3v) is 6.85. The van der Waals surface area contributed by atoms with Crippen molar-refractivity contribution in [1.29, 1.82) is 0 Å². The topological polar surface area (TPSA) is 75.1 Å². The summed E-state index contributed by atoms with van der Waals surface area (Å²) in [5.41, 5.74) is 2.52. The Labute approximate surface area is 191 Å². The molecular formula is C22H20FIN3O2S. The first kappa shape index (κ1) is 21.3. The second-order valence-corrected chi connectivity index (χ2v) is 9.58. The van der Waals surface area contributed by atoms with E-state index in [0.717, 1.165) is 12.0 Å². The number of carbonyl (C=O) groups is 1. The van der Waals surface area contributed by atoms with Gasteiger partial charge < -0.3 is 10.4 Å². The number of alkyl halides is 1. The zero-order chi connectivity index (χ0) is 21.3. The number of hydrogen-bond acceptors (Lipinski definition) is 6. The van der Waals surface area contributed by atoms with Crippen molar-refractivity contribution >= 4 is 45.5 Å². The lowest BCUT2D eigenvalue weighted by Crippen LogP contribution is -2.32. The van der Waals surface area contributed by atoms with Gasteiger partial charge in [0.2, 0.25) is 5.78 Å². The monoisotopic (exact) mass is 536 g/mol. The van der Waals surface area contributed by atoms with Gasteiger partial charge in [0.15, 0.2) is 0 Å². The van der Waals surface area contributed by atoms with Crippen molar-refractivity contribution in [2.24, 2.45) is 5.92 Å². The van der Waals surface area contributed by atoms with Gasteiger partial charge in [-0.3, -0.25) is 4.79 Å². The molecule has 155 valence electrons. The van der Waals surface area contributed by atoms with Crippen LogP contribution in [0.1, 0.15) is 32.8 Å². The van der Waals surface area contributed by atoms with E-state index in [9.17, 15) is 14.3 Å². The molecule has 2 aromatic heterocycles. The predicted octanol–water partition coefficient (Wildman–Crippen LogP) is 4.30. The molecule has 1 aliphatic rings. The largest absolute Gasteiger partial charge is 0.390 e. The van der Waals surface area contributed by atoms with Crippen LogP contribution in [0.3, 0.4) is 0 Å². The number of benzene rings is 1. The van der Waals surface area contributed by atoms with E-state index in [-0.39, 0.29) is 17.2 Å². The molecule has 0 spiro atoms. The molecule has 2 N–H and O–H groups in total. The highest BCUT2D eigenvalue weighted by atomic mass is 127. The second kappa shape index (κ2) is 9.07. The van der Waals surface area contributed by atoms with E-state index in [1.807, 2.05) is 23.6 Å². The molecule has 4 atom stereocenters. The number of thiophene rings is 1. The van der Waals surface area contributed by atoms with E-state index in [1.54, 1.807) is 0 Å². The Bertz CT molecular complexity index is 1060. The van der Waals surface area contributed by atoms with Gasteiger partial charge in [-0.1, -0.05) is 12.1 Å². The highest BCUT2D eigenvalue weighted by Crippen LogP contribution is 2.31. The third kappa shape index (κ3) is 4.55. The first-order valence-corrected chi connectivity index (χ1v) is 11.5. The molecule has 1 radical (unpaired) electrons. The van der Waals surface area contributed by atoms with Gasteiger partial charge in [0.1, 0.15) is 18.3 Å². The minimum Gasteiger partial charge on any atom is -0.390 e. The van der Waals surface area contributed by atoms with E-state index >= 15 is 0 Å². The molecule has 0 aliphatic heterocycles. The van der Waals surface area contributed by atoms with Crippen LogP contribution < -0.4 is 5.32 Å². The van der Waals surface area contributed by atoms with E-state index in [2.05, 4.69) is 56.9 Å². The molecule has 0 amide bonds. The molecule has 30 heavy (non-hydrogen) atoms. The number of carbonyl (C=O) groups excluding carboxylic acids is 1. The summed E-state index contributed by atoms with van der Waals surface area (Å²) in [7, 11) is 0. The van der Waals surface area contributed by atoms with Crippen molar-refractivity contribution < 1.29 is 14.3 Å². The predicted molar refractivity (Wildman–Crippen MR) is 124 cm³/mol. The SMILES string of the molecule is [CH2][C@@H]1C[C@@H](Nc2ncncc2C(=O)c2cc(Cc3cccc(I)c3)cs2)[C@@H](F)[C@@H]1O. The molecule has 0 saturated heterocycles. The number of aliphatic hydroxyl groups excluding tert-OH is 1. The van der Waals surface area contributed by atoms with Crippen LogP contribution in [0.5, 0.6) is 0 Å². The number of rotatable bonds is 6. The van der Waals surface area contributed by atoms with Gasteiger partial charge >= 0.3 is 0 Å². The Morgan fingerprint density at radius 1 is 1.37 bits per heavy atom. The average Bonchev–Trinajstić information content (AvgIpc) is 3.29. The van der Waals surface area contributed by atoms with Crippen molar-refractivity contribution in [3.05, 3.63) is 80.3 Å². The van der Waals surface area contributed by atoms with Crippen LogP contribution in [0.2, 0.25) is 0 Å². The lowest BCUT2D eigenvalue weighted by atomic mass is 10.1. The lowest BCUT2D eigenvalue weighted by Gasteiger charge is -2.18. The van der Waals surface area contributed by atoms with Gasteiger partial charge in [0, 0.05) is 9.77 Å². The van der Waals surface area contributed by atoms with Crippen LogP contribution in [0.4, 0.5) is 10.2 Å². The molecule has 2 heterocycles. The van der Waals surface area contributed by atoms with Gasteiger partial charge in [0.25, 0.3) is 0 Å². The van der Waals surface area contributed by atoms with Gasteiger partial charge in [-0.25, -0.2) is 14.4 Å². The van der Waals surface area contributed by atoms with Gasteiger partial charge in [-0.05, 0) is 83.0 Å². The fraction of sp³-hybridized carbons (Fsp3) is 0.273. The summed E-state index contributed by atoms with van der Waals surface area (Å²) in [5, 5.41) is 14.8. The fourth-order valence-electron chi connectivity index (χ4n) is 3.62. The highest BCUT2D eigenvalue weighted by Gasteiger charge is 2.41. The standard InChI is InChI=1S/C22H20FIN3O2S/c1-12-5-17(19(23)20(12)28)27-22-16(9-25-11-26-22)21(29)18-8-14(10-30-18)6-13-3-2-4-15(24)7-13/h2-4,7-12,17,19-20,28H,1,5-6H2,(H,25,26,27)/t12-,17-,19-,20-/m1/s1. The molecule has 0 unspecified atom stereocenters. The number of nitrogens with zero attached hydrogens (tertiary/aromatic N) is 2. The van der Waals surface area contributed by atoms with Gasteiger partial charge in [-0.15, -0.1) is 11.3 Å². The summed E-state index contributed by atoms with van der Waals surface area (Å²) in [6.07, 6.45) is 1.27. The third-order valence-electron chi connectivity index (χ3n) is 5.20. The molecule has 1 aliphatic carbocycles. The molecule has 3 aromatic rings. The number of halogens is 2. The Morgan fingerprint density at radius 3 is 2.93 bits per heavy atom. The fourth-order valence-corrected chi connectivity index (χ4v) is 5.10. The van der Waals surface area contributed by atoms with E-state index in [4.69, 9.17) is 0 Å². The Morgan fingerprint density at radius 2 is 2.20 bits per heavy atom. The highest BCUT2D eigenvalue weighted by molar-refractivity contribution is 14.1. The van der Waals surface area contributed by atoms with Crippen LogP contribution in [0.15, 0.2) is 48.2 Å². The van der Waals surface area contributed by atoms with Crippen LogP contribution in [0.25, 0.3) is 0 Å². The zero-order valence-electron chi connectivity index (χ0n) is 16.0. The van der Waals surface area contributed by atoms with Gasteiger partial charge in [0.05, 0.1) is 22.6 Å². The Kier molecular flexibility index (Phi) is 6.45. The lowest BCUT2D eigenvalue weighted by molar-refractivity contribution is 0.0793. The summed E-state index contributed by atoms with van der Waals surface area (Å²) >= 11 is 3.65. The minimum atomic E-state index is -1.47. The normalized spacial score (nSPS) is 23.5. The maximum atomic E-state index is 14.3. The molecule has 1 saturated carbocycles. The minimum absolute atomic E-state index is 0.211. The maximum absolute atomic E-state index is 14.3. The molecule has 1 fully saturated rings. The van der Waals surface area contributed by atoms with E-state index in [1.165, 1.54) is 33.0 Å². The van der Waals surface area contributed by atoms with E-state index < -0.39 is 24.2 Å². The summed E-state index contributed by atoms with van der Waals surface area (Å²) in [6.45, 7) is 3.78. The van der Waals surface area contributed by atoms with Gasteiger partial charge in [-0.2, -0.15) is 0 Å². The molecule has 1 aromatic carbocycles. The van der Waals surface area contributed by atoms with Crippen LogP contribution >= 0.6 is 33.9 Å². The Balaban J connectivity index is 1.52. The van der Waals surface area contributed by atoms with E-state index in [0.29, 0.717) is 11.3 Å². The molecule has 4 rings (SSSR count). The first-order chi connectivity index (χ1) is 14.4. The quantitative estimate of drug-likeness (QED) is 0.363. The molecule has 5 nitrogen and oxygen atoms in total. The number of hydrogen-bond donors (Lipinski definition) is 2. The van der Waals surface area contributed by atoms with Crippen LogP contribution in [-0.4, -0.2) is 39.2 Å². The number of ketones is 1.